The lowest BCUT2D eigenvalue weighted by atomic mass is 9.78. The van der Waals surface area contributed by atoms with Crippen molar-refractivity contribution in [2.24, 2.45) is 16.3 Å². The number of amidine groups is 1. The van der Waals surface area contributed by atoms with E-state index >= 15 is 0 Å². The van der Waals surface area contributed by atoms with Crippen molar-refractivity contribution < 1.29 is 27.4 Å². The number of thioether (sulfide) groups is 1. The molecule has 2 unspecified atom stereocenters. The van der Waals surface area contributed by atoms with E-state index in [0.29, 0.717) is 50.4 Å². The van der Waals surface area contributed by atoms with Gasteiger partial charge in [-0.15, -0.1) is 0 Å². The Balaban J connectivity index is 1.23. The number of rotatable bonds is 4. The van der Waals surface area contributed by atoms with Crippen LogP contribution in [-0.2, 0) is 33.4 Å². The molecule has 1 amide bonds. The van der Waals surface area contributed by atoms with Gasteiger partial charge in [-0.3, -0.25) is 14.8 Å². The zero-order valence-corrected chi connectivity index (χ0v) is 22.3. The Morgan fingerprint density at radius 3 is 3.00 bits per heavy atom. The van der Waals surface area contributed by atoms with Gasteiger partial charge in [0, 0.05) is 76.0 Å². The number of hydrogen-bond acceptors (Lipinski definition) is 8. The Kier molecular flexibility index (Phi) is 7.11. The van der Waals surface area contributed by atoms with E-state index in [9.17, 15) is 18.0 Å². The van der Waals surface area contributed by atoms with Crippen molar-refractivity contribution in [3.63, 3.8) is 0 Å². The van der Waals surface area contributed by atoms with E-state index in [4.69, 9.17) is 9.47 Å². The number of ether oxygens (including phenoxy) is 2. The number of likely N-dealkylation sites (tertiary alicyclic amines) is 1. The number of nitrogens with one attached hydrogen (secondary N) is 1. The van der Waals surface area contributed by atoms with Crippen LogP contribution < -0.4 is 5.32 Å². The minimum atomic E-state index is -4.46. The highest BCUT2D eigenvalue weighted by Gasteiger charge is 2.59. The second kappa shape index (κ2) is 10.3. The molecule has 0 bridgehead atoms. The summed E-state index contributed by atoms with van der Waals surface area (Å²) in [5.41, 5.74) is -0.212. The number of pyridine rings is 1. The van der Waals surface area contributed by atoms with Gasteiger partial charge in [0.15, 0.2) is 5.17 Å². The summed E-state index contributed by atoms with van der Waals surface area (Å²) in [7, 11) is 1.70. The van der Waals surface area contributed by atoms with Gasteiger partial charge in [0.1, 0.15) is 0 Å². The summed E-state index contributed by atoms with van der Waals surface area (Å²) in [5, 5.41) is 4.81. The third kappa shape index (κ3) is 4.82. The maximum atomic E-state index is 14.4. The van der Waals surface area contributed by atoms with Gasteiger partial charge >= 0.3 is 6.18 Å². The maximum absolute atomic E-state index is 14.4. The van der Waals surface area contributed by atoms with Gasteiger partial charge < -0.3 is 24.6 Å². The van der Waals surface area contributed by atoms with Gasteiger partial charge in [-0.1, -0.05) is 11.8 Å². The molecule has 3 fully saturated rings. The van der Waals surface area contributed by atoms with Crippen molar-refractivity contribution in [1.82, 2.24) is 20.1 Å². The van der Waals surface area contributed by atoms with Gasteiger partial charge in [-0.05, 0) is 36.8 Å². The lowest BCUT2D eigenvalue weighted by molar-refractivity contribution is -0.143. The second-order valence-corrected chi connectivity index (χ2v) is 12.2. The Morgan fingerprint density at radius 2 is 2.24 bits per heavy atom. The molecule has 1 N–H and O–H groups in total. The van der Waals surface area contributed by atoms with Crippen LogP contribution in [0.1, 0.15) is 36.1 Å². The summed E-state index contributed by atoms with van der Waals surface area (Å²) in [6, 6.07) is 1.50. The van der Waals surface area contributed by atoms with Crippen LogP contribution in [0.15, 0.2) is 17.3 Å². The fraction of sp³-hybridized carbons (Fsp3) is 0.731. The molecule has 1 saturated carbocycles. The van der Waals surface area contributed by atoms with E-state index in [-0.39, 0.29) is 36.6 Å². The Labute approximate surface area is 224 Å². The minimum Gasteiger partial charge on any atom is -0.379 e. The number of carbonyl (C=O) groups is 1. The average molecular weight is 554 g/mol. The number of carbonyl (C=O) groups excluding carboxylic acids is 1. The van der Waals surface area contributed by atoms with E-state index in [1.165, 1.54) is 0 Å². The van der Waals surface area contributed by atoms with Crippen molar-refractivity contribution in [2.75, 3.05) is 52.3 Å². The van der Waals surface area contributed by atoms with Crippen molar-refractivity contribution in [2.45, 2.75) is 56.6 Å². The van der Waals surface area contributed by atoms with Gasteiger partial charge in [0.2, 0.25) is 5.91 Å². The van der Waals surface area contributed by atoms with E-state index in [1.54, 1.807) is 23.8 Å². The van der Waals surface area contributed by atoms with E-state index in [2.05, 4.69) is 20.2 Å². The van der Waals surface area contributed by atoms with Crippen LogP contribution in [0.4, 0.5) is 13.2 Å². The third-order valence-corrected chi connectivity index (χ3v) is 9.88. The summed E-state index contributed by atoms with van der Waals surface area (Å²) in [6.45, 7) is 4.06. The van der Waals surface area contributed by atoms with E-state index in [1.807, 2.05) is 0 Å². The summed E-state index contributed by atoms with van der Waals surface area (Å²) in [6.07, 6.45) is -0.690. The molecule has 0 radical (unpaired) electrons. The molecule has 5 aliphatic rings. The number of aromatic nitrogens is 1. The van der Waals surface area contributed by atoms with Crippen molar-refractivity contribution >= 4 is 22.8 Å². The Hall–Kier alpha value is -1.89. The second-order valence-electron chi connectivity index (χ2n) is 11.1. The SMILES string of the molecule is COC1COCCC1N[C@@H]1C[C@H]2CN(C3=NCCS3)C[C@@]2(C(=O)N2CCc3ncc(C(F)(F)F)cc3C2)C1. The van der Waals surface area contributed by atoms with Crippen LogP contribution in [0.25, 0.3) is 0 Å². The monoisotopic (exact) mass is 553 g/mol. The topological polar surface area (TPSA) is 79.3 Å². The predicted molar refractivity (Wildman–Crippen MR) is 137 cm³/mol. The molecule has 6 rings (SSSR count). The lowest BCUT2D eigenvalue weighted by Crippen LogP contribution is -2.52. The molecule has 0 spiro atoms. The number of hydrogen-bond donors (Lipinski definition) is 1. The van der Waals surface area contributed by atoms with Crippen LogP contribution in [0.5, 0.6) is 0 Å². The highest BCUT2D eigenvalue weighted by Crippen LogP contribution is 2.51. The fourth-order valence-electron chi connectivity index (χ4n) is 7.00. The summed E-state index contributed by atoms with van der Waals surface area (Å²) in [5.74, 6) is 1.16. The Bertz CT molecular complexity index is 1100. The lowest BCUT2D eigenvalue weighted by Gasteiger charge is -2.38. The number of fused-ring (bicyclic) bond motifs is 2. The highest BCUT2D eigenvalue weighted by atomic mass is 32.2. The number of alkyl halides is 3. The molecule has 4 aliphatic heterocycles. The first-order valence-electron chi connectivity index (χ1n) is 13.4. The fourth-order valence-corrected chi connectivity index (χ4v) is 7.87. The zero-order chi connectivity index (χ0) is 26.5. The van der Waals surface area contributed by atoms with Crippen molar-refractivity contribution in [3.05, 3.63) is 29.1 Å². The van der Waals surface area contributed by atoms with Crippen LogP contribution in [-0.4, -0.2) is 96.3 Å². The van der Waals surface area contributed by atoms with Gasteiger partial charge in [-0.25, -0.2) is 0 Å². The van der Waals surface area contributed by atoms with Crippen LogP contribution in [0, 0.1) is 11.3 Å². The normalized spacial score (nSPS) is 33.3. The average Bonchev–Trinajstić information content (AvgIpc) is 3.63. The quantitative estimate of drug-likeness (QED) is 0.614. The largest absolute Gasteiger partial charge is 0.417 e. The third-order valence-electron chi connectivity index (χ3n) is 8.85. The maximum Gasteiger partial charge on any atom is 0.417 e. The molecule has 1 aromatic rings. The molecule has 2 saturated heterocycles. The summed E-state index contributed by atoms with van der Waals surface area (Å²) < 4.78 is 51.3. The van der Waals surface area contributed by atoms with Gasteiger partial charge in [0.05, 0.1) is 30.2 Å². The standard InChI is InChI=1S/C26H34F3N5O3S/c1-36-22-14-37-6-3-21(22)32-19-9-18-13-34(24-30-4-7-38-24)15-25(18,10-19)23(35)33-5-2-20-16(12-33)8-17(11-31-20)26(27,28)29/h8,11,18-19,21-22,32H,2-7,9-10,12-15H2,1H3/t18-,19+,21?,22?,25-/m0/s1. The summed E-state index contributed by atoms with van der Waals surface area (Å²) >= 11 is 1.74. The number of methoxy groups -OCH3 is 1. The highest BCUT2D eigenvalue weighted by molar-refractivity contribution is 8.14. The van der Waals surface area contributed by atoms with Crippen LogP contribution in [0.2, 0.25) is 0 Å². The molecule has 5 atom stereocenters. The molecule has 8 nitrogen and oxygen atoms in total. The molecule has 1 aromatic heterocycles. The smallest absolute Gasteiger partial charge is 0.379 e. The first-order chi connectivity index (χ1) is 18.3. The molecule has 12 heteroatoms. The predicted octanol–water partition coefficient (Wildman–Crippen LogP) is 2.56. The number of nitrogens with zero attached hydrogens (tertiary/aromatic N) is 4. The molecule has 38 heavy (non-hydrogen) atoms. The zero-order valence-electron chi connectivity index (χ0n) is 21.5. The van der Waals surface area contributed by atoms with Crippen molar-refractivity contribution in [3.8, 4) is 0 Å². The first-order valence-corrected chi connectivity index (χ1v) is 14.4. The molecule has 0 aromatic carbocycles. The molecular formula is C26H34F3N5O3S. The summed E-state index contributed by atoms with van der Waals surface area (Å²) in [4.78, 5) is 27.1. The minimum absolute atomic E-state index is 0.0227. The Morgan fingerprint density at radius 1 is 1.37 bits per heavy atom. The van der Waals surface area contributed by atoms with Gasteiger partial charge in [0.25, 0.3) is 0 Å². The van der Waals surface area contributed by atoms with E-state index < -0.39 is 17.2 Å². The molecule has 5 heterocycles. The first kappa shape index (κ1) is 26.3. The van der Waals surface area contributed by atoms with Gasteiger partial charge in [-0.2, -0.15) is 13.2 Å². The van der Waals surface area contributed by atoms with Crippen LogP contribution >= 0.6 is 11.8 Å². The van der Waals surface area contributed by atoms with E-state index in [0.717, 1.165) is 49.1 Å². The number of aliphatic imine (C=N–C) groups is 1. The molecular weight excluding hydrogens is 519 g/mol. The number of halogens is 3. The van der Waals surface area contributed by atoms with Crippen molar-refractivity contribution in [1.29, 1.82) is 0 Å². The van der Waals surface area contributed by atoms with Crippen LogP contribution in [0.3, 0.4) is 0 Å². The molecule has 208 valence electrons. The number of amides is 1. The molecule has 1 aliphatic carbocycles.